The molecule has 1 rings (SSSR count). The largest absolute Gasteiger partial charge is 0.396 e. The van der Waals surface area contributed by atoms with Gasteiger partial charge in [0, 0.05) is 18.7 Å². The van der Waals surface area contributed by atoms with Gasteiger partial charge in [0.25, 0.3) is 0 Å². The van der Waals surface area contributed by atoms with Crippen molar-refractivity contribution in [2.75, 3.05) is 20.2 Å². The number of amidine groups is 1. The molecule has 0 spiro atoms. The van der Waals surface area contributed by atoms with E-state index in [2.05, 4.69) is 4.90 Å². The van der Waals surface area contributed by atoms with Gasteiger partial charge in [0.2, 0.25) is 0 Å². The summed E-state index contributed by atoms with van der Waals surface area (Å²) in [5.74, 6) is -0.484. The Morgan fingerprint density at radius 2 is 2.11 bits per heavy atom. The maximum absolute atomic E-state index is 13.1. The molecule has 5 heteroatoms. The number of nitrogen functional groups attached to an aromatic ring is 1. The van der Waals surface area contributed by atoms with Crippen LogP contribution in [-0.2, 0) is 6.54 Å². The van der Waals surface area contributed by atoms with Gasteiger partial charge in [-0.2, -0.15) is 0 Å². The molecule has 0 aliphatic heterocycles. The maximum atomic E-state index is 13.1. The zero-order chi connectivity index (χ0) is 14.3. The molecule has 0 saturated carbocycles. The van der Waals surface area contributed by atoms with E-state index in [1.54, 1.807) is 6.07 Å². The summed E-state index contributed by atoms with van der Waals surface area (Å²) in [6.45, 7) is 1.76. The lowest BCUT2D eigenvalue weighted by atomic mass is 10.1. The first-order chi connectivity index (χ1) is 9.04. The molecule has 4 nitrogen and oxygen atoms in total. The fraction of sp³-hybridized carbons (Fsp3) is 0.500. The van der Waals surface area contributed by atoms with Crippen LogP contribution in [0.5, 0.6) is 0 Å². The van der Waals surface area contributed by atoms with Crippen LogP contribution in [0, 0.1) is 11.2 Å². The molecule has 4 N–H and O–H groups in total. The number of benzene rings is 1. The van der Waals surface area contributed by atoms with Crippen LogP contribution in [0.4, 0.5) is 4.39 Å². The second kappa shape index (κ2) is 7.86. The second-order valence-electron chi connectivity index (χ2n) is 4.74. The van der Waals surface area contributed by atoms with Crippen molar-refractivity contribution in [2.45, 2.75) is 25.8 Å². The quantitative estimate of drug-likeness (QED) is 0.381. The first kappa shape index (κ1) is 15.6. The SMILES string of the molecule is CN(CCCCCO)Cc1ccc(F)cc1C(=N)N. The number of nitrogens with two attached hydrogens (primary N) is 1. The highest BCUT2D eigenvalue weighted by atomic mass is 19.1. The molecule has 0 saturated heterocycles. The third-order valence-corrected chi connectivity index (χ3v) is 3.00. The highest BCUT2D eigenvalue weighted by Crippen LogP contribution is 2.13. The number of nitrogens with zero attached hydrogens (tertiary/aromatic N) is 1. The number of aliphatic hydroxyl groups excluding tert-OH is 1. The van der Waals surface area contributed by atoms with E-state index in [1.165, 1.54) is 12.1 Å². The van der Waals surface area contributed by atoms with Crippen LogP contribution >= 0.6 is 0 Å². The number of hydrogen-bond acceptors (Lipinski definition) is 3. The third-order valence-electron chi connectivity index (χ3n) is 3.00. The van der Waals surface area contributed by atoms with Crippen molar-refractivity contribution in [1.82, 2.24) is 4.90 Å². The van der Waals surface area contributed by atoms with Gasteiger partial charge in [0.15, 0.2) is 0 Å². The number of halogens is 1. The summed E-state index contributed by atoms with van der Waals surface area (Å²) in [5, 5.41) is 16.2. The van der Waals surface area contributed by atoms with Crippen molar-refractivity contribution < 1.29 is 9.50 Å². The number of hydrogen-bond donors (Lipinski definition) is 3. The molecule has 1 aromatic rings. The first-order valence-electron chi connectivity index (χ1n) is 6.47. The number of aliphatic hydroxyl groups is 1. The summed E-state index contributed by atoms with van der Waals surface area (Å²) in [4.78, 5) is 2.11. The molecule has 0 aliphatic carbocycles. The Morgan fingerprint density at radius 1 is 1.37 bits per heavy atom. The zero-order valence-electron chi connectivity index (χ0n) is 11.3. The molecule has 1 aromatic carbocycles. The number of unbranched alkanes of at least 4 members (excludes halogenated alkanes) is 2. The Hall–Kier alpha value is -1.46. The Balaban J connectivity index is 2.58. The van der Waals surface area contributed by atoms with E-state index in [0.717, 1.165) is 31.4 Å². The Bertz CT molecular complexity index is 423. The minimum Gasteiger partial charge on any atom is -0.396 e. The summed E-state index contributed by atoms with van der Waals surface area (Å²) >= 11 is 0. The predicted molar refractivity (Wildman–Crippen MR) is 74.7 cm³/mol. The van der Waals surface area contributed by atoms with Gasteiger partial charge in [-0.15, -0.1) is 0 Å². The smallest absolute Gasteiger partial charge is 0.123 e. The van der Waals surface area contributed by atoms with E-state index in [9.17, 15) is 4.39 Å². The van der Waals surface area contributed by atoms with Crippen molar-refractivity contribution in [3.05, 3.63) is 35.1 Å². The molecule has 0 radical (unpaired) electrons. The first-order valence-corrected chi connectivity index (χ1v) is 6.47. The molecule has 0 amide bonds. The predicted octanol–water partition coefficient (Wildman–Crippen LogP) is 1.70. The second-order valence-corrected chi connectivity index (χ2v) is 4.74. The molecule has 0 bridgehead atoms. The highest BCUT2D eigenvalue weighted by molar-refractivity contribution is 5.96. The van der Waals surface area contributed by atoms with Crippen LogP contribution < -0.4 is 5.73 Å². The molecular formula is C14H22FN3O. The van der Waals surface area contributed by atoms with E-state index in [4.69, 9.17) is 16.2 Å². The maximum Gasteiger partial charge on any atom is 0.123 e. The zero-order valence-corrected chi connectivity index (χ0v) is 11.3. The third kappa shape index (κ3) is 5.36. The standard InChI is InChI=1S/C14H22FN3O/c1-18(7-3-2-4-8-19)10-11-5-6-12(15)9-13(11)14(16)17/h5-6,9,19H,2-4,7-8,10H2,1H3,(H3,16,17). The van der Waals surface area contributed by atoms with Gasteiger partial charge < -0.3 is 15.7 Å². The van der Waals surface area contributed by atoms with Crippen LogP contribution in [0.15, 0.2) is 18.2 Å². The average Bonchev–Trinajstić information content (AvgIpc) is 2.36. The van der Waals surface area contributed by atoms with Crippen molar-refractivity contribution >= 4 is 5.84 Å². The van der Waals surface area contributed by atoms with E-state index in [1.807, 2.05) is 7.05 Å². The number of rotatable bonds is 8. The van der Waals surface area contributed by atoms with Crippen molar-refractivity contribution in [3.63, 3.8) is 0 Å². The van der Waals surface area contributed by atoms with Crippen molar-refractivity contribution in [3.8, 4) is 0 Å². The summed E-state index contributed by atoms with van der Waals surface area (Å²) in [6, 6.07) is 4.37. The molecule has 106 valence electrons. The number of nitrogens with one attached hydrogen (secondary N) is 1. The van der Waals surface area contributed by atoms with Crippen LogP contribution in [0.1, 0.15) is 30.4 Å². The van der Waals surface area contributed by atoms with Crippen LogP contribution in [-0.4, -0.2) is 36.0 Å². The van der Waals surface area contributed by atoms with Gasteiger partial charge in [0.1, 0.15) is 11.7 Å². The van der Waals surface area contributed by atoms with Crippen LogP contribution in [0.3, 0.4) is 0 Å². The van der Waals surface area contributed by atoms with E-state index in [-0.39, 0.29) is 18.3 Å². The summed E-state index contributed by atoms with van der Waals surface area (Å²) < 4.78 is 13.1. The fourth-order valence-electron chi connectivity index (χ4n) is 1.98. The fourth-order valence-corrected chi connectivity index (χ4v) is 1.98. The summed E-state index contributed by atoms with van der Waals surface area (Å²) in [6.07, 6.45) is 2.82. The van der Waals surface area contributed by atoms with Crippen LogP contribution in [0.2, 0.25) is 0 Å². The topological polar surface area (TPSA) is 73.3 Å². The van der Waals surface area contributed by atoms with Crippen molar-refractivity contribution in [2.24, 2.45) is 5.73 Å². The lowest BCUT2D eigenvalue weighted by molar-refractivity contribution is 0.271. The molecule has 0 heterocycles. The van der Waals surface area contributed by atoms with Gasteiger partial charge >= 0.3 is 0 Å². The van der Waals surface area contributed by atoms with Crippen molar-refractivity contribution in [1.29, 1.82) is 5.41 Å². The lowest BCUT2D eigenvalue weighted by Gasteiger charge is -2.18. The van der Waals surface area contributed by atoms with Gasteiger partial charge in [-0.1, -0.05) is 6.07 Å². The molecule has 0 atom stereocenters. The summed E-state index contributed by atoms with van der Waals surface area (Å²) in [5.41, 5.74) is 6.79. The Kier molecular flexibility index (Phi) is 6.45. The highest BCUT2D eigenvalue weighted by Gasteiger charge is 2.09. The Morgan fingerprint density at radius 3 is 2.74 bits per heavy atom. The Labute approximate surface area is 113 Å². The van der Waals surface area contributed by atoms with E-state index >= 15 is 0 Å². The van der Waals surface area contributed by atoms with Crippen LogP contribution in [0.25, 0.3) is 0 Å². The summed E-state index contributed by atoms with van der Waals surface area (Å²) in [7, 11) is 1.98. The molecule has 0 fully saturated rings. The average molecular weight is 267 g/mol. The van der Waals surface area contributed by atoms with E-state index < -0.39 is 0 Å². The molecule has 0 aromatic heterocycles. The molecular weight excluding hydrogens is 245 g/mol. The minimum absolute atomic E-state index is 0.108. The lowest BCUT2D eigenvalue weighted by Crippen LogP contribution is -2.22. The van der Waals surface area contributed by atoms with Gasteiger partial charge in [-0.3, -0.25) is 5.41 Å². The van der Waals surface area contributed by atoms with Gasteiger partial charge in [0.05, 0.1) is 0 Å². The monoisotopic (exact) mass is 267 g/mol. The molecule has 19 heavy (non-hydrogen) atoms. The minimum atomic E-state index is -0.375. The van der Waals surface area contributed by atoms with Gasteiger partial charge in [-0.05, 0) is 50.6 Å². The van der Waals surface area contributed by atoms with Gasteiger partial charge in [-0.25, -0.2) is 4.39 Å². The molecule has 0 unspecified atom stereocenters. The normalized spacial score (nSPS) is 10.9. The van der Waals surface area contributed by atoms with E-state index in [0.29, 0.717) is 12.1 Å². The molecule has 0 aliphatic rings.